The molecule has 1 aliphatic rings. The molecule has 1 saturated heterocycles. The average molecular weight is 768 g/mol. The second-order valence-corrected chi connectivity index (χ2v) is 15.1. The van der Waals surface area contributed by atoms with Gasteiger partial charge in [0.2, 0.25) is 47.3 Å². The Labute approximate surface area is 316 Å². The number of nitrogens with zero attached hydrogens (tertiary/aromatic N) is 1. The van der Waals surface area contributed by atoms with E-state index in [1.165, 1.54) is 4.90 Å². The van der Waals surface area contributed by atoms with Crippen LogP contribution in [0, 0.1) is 23.7 Å². The second kappa shape index (κ2) is 22.4. The lowest BCUT2D eigenvalue weighted by Gasteiger charge is -2.31. The van der Waals surface area contributed by atoms with Crippen LogP contribution in [-0.2, 0) is 43.2 Å². The number of likely N-dealkylation sites (tertiary alicyclic amines) is 1. The van der Waals surface area contributed by atoms with Crippen molar-refractivity contribution in [3.05, 3.63) is 0 Å². The number of primary amides is 1. The van der Waals surface area contributed by atoms with E-state index in [4.69, 9.17) is 16.6 Å². The lowest BCUT2D eigenvalue weighted by Crippen LogP contribution is -2.61. The first-order valence-electron chi connectivity index (χ1n) is 18.4. The maximum atomic E-state index is 13.7. The summed E-state index contributed by atoms with van der Waals surface area (Å²) in [4.78, 5) is 116. The number of hydrogen-bond donors (Lipinski definition) is 9. The Balaban J connectivity index is 3.17. The molecule has 19 nitrogen and oxygen atoms in total. The number of hydrogen-bond acceptors (Lipinski definition) is 10. The highest BCUT2D eigenvalue weighted by Crippen LogP contribution is 2.20. The molecule has 1 rings (SSSR count). The minimum absolute atomic E-state index is 0.100. The molecule has 1 aliphatic heterocycles. The van der Waals surface area contributed by atoms with Gasteiger partial charge in [-0.3, -0.25) is 43.2 Å². The summed E-state index contributed by atoms with van der Waals surface area (Å²) in [5.41, 5.74) is 11.2. The van der Waals surface area contributed by atoms with Crippen molar-refractivity contribution >= 4 is 53.2 Å². The number of aliphatic carboxylic acids is 1. The number of carbonyl (C=O) groups excluding carboxylic acids is 8. The number of nitrogens with two attached hydrogens (primary N) is 2. The largest absolute Gasteiger partial charge is 0.480 e. The monoisotopic (exact) mass is 767 g/mol. The molecule has 0 unspecified atom stereocenters. The molecule has 1 heterocycles. The third kappa shape index (κ3) is 15.7. The maximum absolute atomic E-state index is 13.7. The van der Waals surface area contributed by atoms with Gasteiger partial charge in [-0.2, -0.15) is 0 Å². The maximum Gasteiger partial charge on any atom is 0.322 e. The summed E-state index contributed by atoms with van der Waals surface area (Å²) in [6.45, 7) is 12.9. The second-order valence-electron chi connectivity index (χ2n) is 15.1. The lowest BCUT2D eigenvalue weighted by molar-refractivity contribution is -0.143. The van der Waals surface area contributed by atoms with Gasteiger partial charge in [-0.15, -0.1) is 0 Å². The van der Waals surface area contributed by atoms with Crippen molar-refractivity contribution in [2.45, 2.75) is 124 Å². The number of carboxylic acids is 1. The van der Waals surface area contributed by atoms with Crippen LogP contribution in [0.1, 0.15) is 87.5 Å². The van der Waals surface area contributed by atoms with Crippen LogP contribution >= 0.6 is 0 Å². The van der Waals surface area contributed by atoms with Crippen LogP contribution in [-0.4, -0.2) is 119 Å². The Morgan fingerprint density at radius 3 is 1.76 bits per heavy atom. The average Bonchev–Trinajstić information content (AvgIpc) is 3.57. The Bertz CT molecular complexity index is 1370. The number of carboxylic acid groups (broad SMARTS) is 1. The molecule has 0 spiro atoms. The molecule has 306 valence electrons. The summed E-state index contributed by atoms with van der Waals surface area (Å²) >= 11 is 0. The minimum Gasteiger partial charge on any atom is -0.480 e. The van der Waals surface area contributed by atoms with E-state index >= 15 is 0 Å². The summed E-state index contributed by atoms with van der Waals surface area (Å²) in [7, 11) is 0. The van der Waals surface area contributed by atoms with Crippen LogP contribution < -0.4 is 43.4 Å². The molecule has 11 N–H and O–H groups in total. The number of carbonyl (C=O) groups is 9. The Morgan fingerprint density at radius 1 is 0.704 bits per heavy atom. The van der Waals surface area contributed by atoms with E-state index < -0.39 is 114 Å². The molecule has 0 aromatic heterocycles. The van der Waals surface area contributed by atoms with Crippen molar-refractivity contribution in [2.24, 2.45) is 35.1 Å². The van der Waals surface area contributed by atoms with Crippen molar-refractivity contribution < 1.29 is 48.3 Å². The van der Waals surface area contributed by atoms with Crippen molar-refractivity contribution in [1.82, 2.24) is 36.8 Å². The van der Waals surface area contributed by atoms with Crippen LogP contribution in [0.15, 0.2) is 0 Å². The van der Waals surface area contributed by atoms with Crippen LogP contribution in [0.3, 0.4) is 0 Å². The molecular weight excluding hydrogens is 706 g/mol. The third-order valence-electron chi connectivity index (χ3n) is 8.84. The molecule has 6 atom stereocenters. The van der Waals surface area contributed by atoms with Crippen LogP contribution in [0.4, 0.5) is 0 Å². The topological polar surface area (TPSA) is 301 Å². The zero-order chi connectivity index (χ0) is 41.4. The third-order valence-corrected chi connectivity index (χ3v) is 8.84. The van der Waals surface area contributed by atoms with Gasteiger partial charge in [0.1, 0.15) is 36.8 Å². The number of amides is 8. The van der Waals surface area contributed by atoms with E-state index in [1.54, 1.807) is 41.5 Å². The van der Waals surface area contributed by atoms with Crippen molar-refractivity contribution in [3.63, 3.8) is 0 Å². The molecule has 54 heavy (non-hydrogen) atoms. The van der Waals surface area contributed by atoms with Gasteiger partial charge in [0.25, 0.3) is 0 Å². The molecule has 8 amide bonds. The van der Waals surface area contributed by atoms with E-state index in [-0.39, 0.29) is 44.1 Å². The first-order valence-corrected chi connectivity index (χ1v) is 18.4. The van der Waals surface area contributed by atoms with Gasteiger partial charge in [0.15, 0.2) is 0 Å². The fourth-order valence-electron chi connectivity index (χ4n) is 5.69. The fraction of sp³-hybridized carbons (Fsp3) is 0.743. The molecule has 1 fully saturated rings. The standard InChI is InChI=1S/C35H61N9O10/c1-17(2)14-22(41-33(52)28(19(5)6)42-25(46)15-38-32(51)27(37)18(3)4)30(49)43-29(20(7)8)34(53)40-21(11-12-24(36)45)35(54)44-13-9-10-23(44)31(50)39-16-26(47)48/h17-23,27-29H,9-16,37H2,1-8H3,(H2,36,45)(H,38,51)(H,39,50)(H,40,53)(H,41,52)(H,42,46)(H,43,49)(H,47,48)/t21-,22-,23-,27-,28-,29-/m0/s1. The molecule has 0 aromatic carbocycles. The summed E-state index contributed by atoms with van der Waals surface area (Å²) in [6, 6.07) is -6.58. The summed E-state index contributed by atoms with van der Waals surface area (Å²) in [6.07, 6.45) is 0.359. The van der Waals surface area contributed by atoms with Crippen molar-refractivity contribution in [2.75, 3.05) is 19.6 Å². The van der Waals surface area contributed by atoms with E-state index in [2.05, 4.69) is 31.9 Å². The zero-order valence-corrected chi connectivity index (χ0v) is 32.7. The van der Waals surface area contributed by atoms with Crippen LogP contribution in [0.2, 0.25) is 0 Å². The molecule has 0 bridgehead atoms. The highest BCUT2D eigenvalue weighted by atomic mass is 16.4. The lowest BCUT2D eigenvalue weighted by atomic mass is 9.98. The van der Waals surface area contributed by atoms with Gasteiger partial charge in [-0.25, -0.2) is 0 Å². The highest BCUT2D eigenvalue weighted by Gasteiger charge is 2.39. The van der Waals surface area contributed by atoms with Gasteiger partial charge >= 0.3 is 5.97 Å². The molecule has 0 saturated carbocycles. The molecule has 19 heteroatoms. The SMILES string of the molecule is CC(C)C[C@H](NC(=O)[C@@H](NC(=O)CNC(=O)[C@@H](N)C(C)C)C(C)C)C(=O)N[C@H](C(=O)N[C@@H](CCC(N)=O)C(=O)N1CCC[C@H]1C(=O)NCC(=O)O)C(C)C. The molecular formula is C35H61N9O10. The Hall–Kier alpha value is -4.81. The first-order chi connectivity index (χ1) is 25.1. The van der Waals surface area contributed by atoms with E-state index in [9.17, 15) is 43.2 Å². The molecule has 0 aliphatic carbocycles. The van der Waals surface area contributed by atoms with Crippen LogP contribution in [0.25, 0.3) is 0 Å². The summed E-state index contributed by atoms with van der Waals surface area (Å²) < 4.78 is 0. The Kier molecular flexibility index (Phi) is 19.6. The van der Waals surface area contributed by atoms with Crippen molar-refractivity contribution in [1.29, 1.82) is 0 Å². The summed E-state index contributed by atoms with van der Waals surface area (Å²) in [5, 5.41) is 24.2. The highest BCUT2D eigenvalue weighted by molar-refractivity contribution is 5.97. The van der Waals surface area contributed by atoms with Crippen molar-refractivity contribution in [3.8, 4) is 0 Å². The minimum atomic E-state index is -1.32. The first kappa shape index (κ1) is 47.2. The van der Waals surface area contributed by atoms with E-state index in [0.29, 0.717) is 6.42 Å². The van der Waals surface area contributed by atoms with E-state index in [1.807, 2.05) is 13.8 Å². The predicted molar refractivity (Wildman–Crippen MR) is 196 cm³/mol. The molecule has 0 aromatic rings. The fourth-order valence-corrected chi connectivity index (χ4v) is 5.69. The summed E-state index contributed by atoms with van der Waals surface area (Å²) in [5.74, 6) is -7.87. The normalized spacial score (nSPS) is 16.9. The number of rotatable bonds is 22. The number of nitrogens with one attached hydrogen (secondary N) is 6. The van der Waals surface area contributed by atoms with Gasteiger partial charge in [0, 0.05) is 13.0 Å². The Morgan fingerprint density at radius 2 is 1.26 bits per heavy atom. The quantitative estimate of drug-likeness (QED) is 0.0572. The molecule has 0 radical (unpaired) electrons. The van der Waals surface area contributed by atoms with Crippen LogP contribution in [0.5, 0.6) is 0 Å². The smallest absolute Gasteiger partial charge is 0.322 e. The van der Waals surface area contributed by atoms with E-state index in [0.717, 1.165) is 0 Å². The van der Waals surface area contributed by atoms with Gasteiger partial charge in [-0.05, 0) is 49.4 Å². The van der Waals surface area contributed by atoms with Gasteiger partial charge in [0.05, 0.1) is 12.6 Å². The zero-order valence-electron chi connectivity index (χ0n) is 32.7. The van der Waals surface area contributed by atoms with Gasteiger partial charge in [-0.1, -0.05) is 55.4 Å². The predicted octanol–water partition coefficient (Wildman–Crippen LogP) is -2.16. The van der Waals surface area contributed by atoms with Gasteiger partial charge < -0.3 is 53.4 Å².